The molecule has 2 aromatic rings. The van der Waals surface area contributed by atoms with Gasteiger partial charge in [0.15, 0.2) is 0 Å². The molecule has 0 saturated carbocycles. The number of aliphatic imine (C=N–C) groups is 1. The van der Waals surface area contributed by atoms with Crippen LogP contribution >= 0.6 is 0 Å². The Labute approximate surface area is 114 Å². The fraction of sp³-hybridized carbons (Fsp3) is 0.0714. The lowest BCUT2D eigenvalue weighted by Gasteiger charge is -1.99. The van der Waals surface area contributed by atoms with E-state index < -0.39 is 4.92 Å². The van der Waals surface area contributed by atoms with Crippen molar-refractivity contribution in [3.05, 3.63) is 63.7 Å². The van der Waals surface area contributed by atoms with Gasteiger partial charge in [-0.05, 0) is 23.8 Å². The quantitative estimate of drug-likeness (QED) is 0.508. The van der Waals surface area contributed by atoms with Crippen molar-refractivity contribution in [2.24, 2.45) is 4.99 Å². The summed E-state index contributed by atoms with van der Waals surface area (Å²) in [5, 5.41) is 29.2. The highest BCUT2D eigenvalue weighted by Gasteiger charge is 2.08. The van der Waals surface area contributed by atoms with Gasteiger partial charge in [0.1, 0.15) is 5.75 Å². The van der Waals surface area contributed by atoms with Crippen molar-refractivity contribution < 1.29 is 15.1 Å². The van der Waals surface area contributed by atoms with Crippen molar-refractivity contribution in [2.75, 3.05) is 0 Å². The van der Waals surface area contributed by atoms with Gasteiger partial charge >= 0.3 is 0 Å². The number of phenols is 1. The van der Waals surface area contributed by atoms with Crippen LogP contribution in [0.4, 0.5) is 11.4 Å². The van der Waals surface area contributed by atoms with Crippen LogP contribution in [-0.2, 0) is 6.61 Å². The lowest BCUT2D eigenvalue weighted by Crippen LogP contribution is -1.90. The van der Waals surface area contributed by atoms with Crippen LogP contribution in [0.2, 0.25) is 0 Å². The van der Waals surface area contributed by atoms with E-state index in [1.807, 2.05) is 0 Å². The van der Waals surface area contributed by atoms with Crippen LogP contribution in [0.5, 0.6) is 5.75 Å². The summed E-state index contributed by atoms with van der Waals surface area (Å²) in [4.78, 5) is 14.3. The lowest BCUT2D eigenvalue weighted by molar-refractivity contribution is -0.384. The van der Waals surface area contributed by atoms with Crippen molar-refractivity contribution in [2.45, 2.75) is 6.61 Å². The number of nitro groups is 1. The Balaban J connectivity index is 2.25. The Morgan fingerprint density at radius 1 is 1.20 bits per heavy atom. The molecule has 0 aliphatic rings. The number of hydrogen-bond donors (Lipinski definition) is 2. The summed E-state index contributed by atoms with van der Waals surface area (Å²) < 4.78 is 0. The molecule has 0 atom stereocenters. The van der Waals surface area contributed by atoms with Crippen LogP contribution in [-0.4, -0.2) is 21.4 Å². The predicted octanol–water partition coefficient (Wildman–Crippen LogP) is 2.54. The minimum atomic E-state index is -0.535. The molecule has 2 rings (SSSR count). The Morgan fingerprint density at radius 2 is 1.90 bits per heavy atom. The zero-order chi connectivity index (χ0) is 14.5. The van der Waals surface area contributed by atoms with E-state index in [0.29, 0.717) is 5.69 Å². The normalized spacial score (nSPS) is 10.8. The third-order valence-corrected chi connectivity index (χ3v) is 2.69. The lowest BCUT2D eigenvalue weighted by atomic mass is 10.2. The maximum absolute atomic E-state index is 10.7. The van der Waals surface area contributed by atoms with Gasteiger partial charge in [-0.1, -0.05) is 12.1 Å². The van der Waals surface area contributed by atoms with Crippen molar-refractivity contribution in [1.82, 2.24) is 0 Å². The molecule has 0 amide bonds. The molecule has 0 fully saturated rings. The molecule has 20 heavy (non-hydrogen) atoms. The molecule has 6 nitrogen and oxygen atoms in total. The average molecular weight is 272 g/mol. The van der Waals surface area contributed by atoms with E-state index in [2.05, 4.69) is 4.99 Å². The monoisotopic (exact) mass is 272 g/mol. The first-order chi connectivity index (χ1) is 9.60. The van der Waals surface area contributed by atoms with Crippen LogP contribution in [0, 0.1) is 10.1 Å². The zero-order valence-electron chi connectivity index (χ0n) is 10.4. The Bertz CT molecular complexity index is 651. The molecule has 2 N–H and O–H groups in total. The number of non-ortho nitro benzene ring substituents is 1. The summed E-state index contributed by atoms with van der Waals surface area (Å²) in [6.07, 6.45) is 1.36. The molecule has 0 spiro atoms. The summed E-state index contributed by atoms with van der Waals surface area (Å²) in [6, 6.07) is 10.6. The van der Waals surface area contributed by atoms with Gasteiger partial charge in [0.2, 0.25) is 0 Å². The standard InChI is InChI=1S/C14H12N2O4/c17-9-10-1-3-12(4-2-10)15-8-11-7-13(16(19)20)5-6-14(11)18/h1-8,17-18H,9H2/b15-8+. The van der Waals surface area contributed by atoms with Gasteiger partial charge in [-0.25, -0.2) is 0 Å². The number of aromatic hydroxyl groups is 1. The number of phenolic OH excluding ortho intramolecular Hbond substituents is 1. The van der Waals surface area contributed by atoms with Crippen LogP contribution in [0.3, 0.4) is 0 Å². The first kappa shape index (κ1) is 13.7. The van der Waals surface area contributed by atoms with Crippen LogP contribution in [0.15, 0.2) is 47.5 Å². The summed E-state index contributed by atoms with van der Waals surface area (Å²) in [7, 11) is 0. The van der Waals surface area contributed by atoms with Crippen LogP contribution in [0.25, 0.3) is 0 Å². The molecular formula is C14H12N2O4. The molecule has 0 unspecified atom stereocenters. The smallest absolute Gasteiger partial charge is 0.270 e. The molecule has 102 valence electrons. The van der Waals surface area contributed by atoms with Gasteiger partial charge in [-0.2, -0.15) is 0 Å². The number of benzene rings is 2. The van der Waals surface area contributed by atoms with E-state index >= 15 is 0 Å². The van der Waals surface area contributed by atoms with E-state index in [9.17, 15) is 15.2 Å². The van der Waals surface area contributed by atoms with Gasteiger partial charge in [0.25, 0.3) is 5.69 Å². The average Bonchev–Trinajstić information content (AvgIpc) is 2.46. The summed E-state index contributed by atoms with van der Waals surface area (Å²) in [5.41, 5.74) is 1.54. The molecular weight excluding hydrogens is 260 g/mol. The number of hydrogen-bond acceptors (Lipinski definition) is 5. The van der Waals surface area contributed by atoms with E-state index in [1.165, 1.54) is 24.4 Å². The predicted molar refractivity (Wildman–Crippen MR) is 74.4 cm³/mol. The highest BCUT2D eigenvalue weighted by atomic mass is 16.6. The molecule has 2 aromatic carbocycles. The number of nitro benzene ring substituents is 1. The molecule has 0 saturated heterocycles. The van der Waals surface area contributed by atoms with E-state index in [4.69, 9.17) is 5.11 Å². The minimum absolute atomic E-state index is 0.0460. The molecule has 0 bridgehead atoms. The molecule has 6 heteroatoms. The molecule has 0 aliphatic carbocycles. The second-order valence-electron chi connectivity index (χ2n) is 4.08. The van der Waals surface area contributed by atoms with E-state index in [0.717, 1.165) is 5.56 Å². The minimum Gasteiger partial charge on any atom is -0.507 e. The maximum Gasteiger partial charge on any atom is 0.270 e. The van der Waals surface area contributed by atoms with E-state index in [1.54, 1.807) is 24.3 Å². The van der Waals surface area contributed by atoms with Gasteiger partial charge in [-0.3, -0.25) is 15.1 Å². The topological polar surface area (TPSA) is 96.0 Å². The third-order valence-electron chi connectivity index (χ3n) is 2.69. The zero-order valence-corrected chi connectivity index (χ0v) is 10.4. The number of aliphatic hydroxyl groups is 1. The number of nitrogens with zero attached hydrogens (tertiary/aromatic N) is 2. The van der Waals surface area contributed by atoms with Gasteiger partial charge in [0, 0.05) is 23.9 Å². The van der Waals surface area contributed by atoms with Crippen molar-refractivity contribution in [3.8, 4) is 5.75 Å². The molecule has 0 radical (unpaired) electrons. The van der Waals surface area contributed by atoms with Crippen molar-refractivity contribution in [3.63, 3.8) is 0 Å². The fourth-order valence-electron chi connectivity index (χ4n) is 1.59. The summed E-state index contributed by atoms with van der Waals surface area (Å²) in [5.74, 6) is -0.0775. The Hall–Kier alpha value is -2.73. The fourth-order valence-corrected chi connectivity index (χ4v) is 1.59. The van der Waals surface area contributed by atoms with Gasteiger partial charge < -0.3 is 10.2 Å². The van der Waals surface area contributed by atoms with E-state index in [-0.39, 0.29) is 23.6 Å². The SMILES string of the molecule is O=[N+]([O-])c1ccc(O)c(/C=N/c2ccc(CO)cc2)c1. The summed E-state index contributed by atoms with van der Waals surface area (Å²) in [6.45, 7) is -0.0460. The van der Waals surface area contributed by atoms with Crippen LogP contribution < -0.4 is 0 Å². The maximum atomic E-state index is 10.7. The first-order valence-corrected chi connectivity index (χ1v) is 5.81. The number of rotatable bonds is 4. The largest absolute Gasteiger partial charge is 0.507 e. The Morgan fingerprint density at radius 3 is 2.50 bits per heavy atom. The molecule has 0 aromatic heterocycles. The first-order valence-electron chi connectivity index (χ1n) is 5.81. The Kier molecular flexibility index (Phi) is 4.07. The van der Waals surface area contributed by atoms with Crippen LogP contribution in [0.1, 0.15) is 11.1 Å². The highest BCUT2D eigenvalue weighted by Crippen LogP contribution is 2.22. The summed E-state index contributed by atoms with van der Waals surface area (Å²) >= 11 is 0. The third kappa shape index (κ3) is 3.18. The van der Waals surface area contributed by atoms with Gasteiger partial charge in [-0.15, -0.1) is 0 Å². The highest BCUT2D eigenvalue weighted by molar-refractivity contribution is 5.86. The van der Waals surface area contributed by atoms with Gasteiger partial charge in [0.05, 0.1) is 17.2 Å². The molecule has 0 aliphatic heterocycles. The number of aliphatic hydroxyl groups excluding tert-OH is 1. The second-order valence-corrected chi connectivity index (χ2v) is 4.08. The molecule has 0 heterocycles. The van der Waals surface area contributed by atoms with Crippen molar-refractivity contribution in [1.29, 1.82) is 0 Å². The second kappa shape index (κ2) is 5.94. The van der Waals surface area contributed by atoms with Crippen molar-refractivity contribution >= 4 is 17.6 Å².